The summed E-state index contributed by atoms with van der Waals surface area (Å²) in [5.74, 6) is 0.135. The van der Waals surface area contributed by atoms with E-state index in [4.69, 9.17) is 4.74 Å². The second-order valence-corrected chi connectivity index (χ2v) is 13.0. The van der Waals surface area contributed by atoms with Crippen LogP contribution in [-0.2, 0) is 20.4 Å². The molecule has 0 amide bonds. The maximum atomic E-state index is 13.8. The fourth-order valence-electron chi connectivity index (χ4n) is 7.55. The molecule has 0 unspecified atom stereocenters. The minimum Gasteiger partial charge on any atom is -0.359 e. The van der Waals surface area contributed by atoms with Crippen molar-refractivity contribution in [1.29, 1.82) is 0 Å². The Balaban J connectivity index is 1.51. The summed E-state index contributed by atoms with van der Waals surface area (Å²) in [4.78, 5) is 0.393. The molecule has 1 spiro atoms. The van der Waals surface area contributed by atoms with Gasteiger partial charge in [0.15, 0.2) is 0 Å². The van der Waals surface area contributed by atoms with Crippen LogP contribution in [-0.4, -0.2) is 31.4 Å². The van der Waals surface area contributed by atoms with Gasteiger partial charge in [0, 0.05) is 24.4 Å². The normalized spacial score (nSPS) is 33.1. The van der Waals surface area contributed by atoms with E-state index in [1.54, 1.807) is 16.4 Å². The third kappa shape index (κ3) is 2.79. The second kappa shape index (κ2) is 7.03. The highest BCUT2D eigenvalue weighted by molar-refractivity contribution is 7.89. The lowest BCUT2D eigenvalue weighted by molar-refractivity contribution is -0.101. The van der Waals surface area contributed by atoms with E-state index in [2.05, 4.69) is 44.2 Å². The van der Waals surface area contributed by atoms with Crippen LogP contribution in [0.4, 0.5) is 0 Å². The van der Waals surface area contributed by atoms with E-state index < -0.39 is 21.2 Å². The quantitative estimate of drug-likeness (QED) is 0.558. The zero-order chi connectivity index (χ0) is 23.1. The van der Waals surface area contributed by atoms with E-state index in [1.807, 2.05) is 19.1 Å². The van der Waals surface area contributed by atoms with Gasteiger partial charge >= 0.3 is 0 Å². The molecule has 3 atom stereocenters. The Morgan fingerprint density at radius 2 is 1.67 bits per heavy atom. The van der Waals surface area contributed by atoms with Gasteiger partial charge in [-0.3, -0.25) is 0 Å². The lowest BCUT2D eigenvalue weighted by Crippen LogP contribution is -2.45. The first kappa shape index (κ1) is 21.6. The molecule has 6 rings (SSSR count). The van der Waals surface area contributed by atoms with Gasteiger partial charge in [0.25, 0.3) is 0 Å². The summed E-state index contributed by atoms with van der Waals surface area (Å²) in [6, 6.07) is 17.9. The van der Waals surface area contributed by atoms with Crippen molar-refractivity contribution >= 4 is 10.0 Å². The predicted octanol–water partition coefficient (Wildman–Crippen LogP) is 5.58. The second-order valence-electron chi connectivity index (χ2n) is 11.0. The summed E-state index contributed by atoms with van der Waals surface area (Å²) in [6.07, 6.45) is 5.53. The van der Waals surface area contributed by atoms with Crippen LogP contribution in [0.2, 0.25) is 0 Å². The number of ether oxygens (including phenoxy) is 1. The molecule has 4 nitrogen and oxygen atoms in total. The topological polar surface area (TPSA) is 46.6 Å². The van der Waals surface area contributed by atoms with E-state index in [9.17, 15) is 8.42 Å². The molecule has 2 saturated heterocycles. The van der Waals surface area contributed by atoms with Gasteiger partial charge in [-0.2, -0.15) is 4.31 Å². The van der Waals surface area contributed by atoms with Crippen molar-refractivity contribution in [2.24, 2.45) is 11.3 Å². The molecule has 33 heavy (non-hydrogen) atoms. The van der Waals surface area contributed by atoms with Crippen molar-refractivity contribution in [2.75, 3.05) is 13.1 Å². The van der Waals surface area contributed by atoms with Gasteiger partial charge in [0.1, 0.15) is 5.60 Å². The molecular weight excluding hydrogens is 430 g/mol. The number of hydrogen-bond donors (Lipinski definition) is 0. The monoisotopic (exact) mass is 463 g/mol. The summed E-state index contributed by atoms with van der Waals surface area (Å²) >= 11 is 0. The van der Waals surface area contributed by atoms with Crippen molar-refractivity contribution in [1.82, 2.24) is 4.31 Å². The zero-order valence-electron chi connectivity index (χ0n) is 19.8. The fraction of sp³-hybridized carbons (Fsp3) is 0.500. The molecule has 174 valence electrons. The van der Waals surface area contributed by atoms with Crippen LogP contribution in [0.25, 0.3) is 0 Å². The SMILES string of the molecule is Cc1ccc(S(=O)(=O)N2C[C@@H]3C(C)(C)O[C@@]4(c5ccccc5)C5=C(CCCC5)C[C@@]34C2)cc1. The van der Waals surface area contributed by atoms with Crippen LogP contribution in [0.3, 0.4) is 0 Å². The maximum Gasteiger partial charge on any atom is 0.243 e. The van der Waals surface area contributed by atoms with Crippen molar-refractivity contribution in [3.8, 4) is 0 Å². The number of benzene rings is 2. The number of hydrogen-bond acceptors (Lipinski definition) is 3. The predicted molar refractivity (Wildman–Crippen MR) is 129 cm³/mol. The van der Waals surface area contributed by atoms with E-state index in [-0.39, 0.29) is 11.3 Å². The van der Waals surface area contributed by atoms with Crippen molar-refractivity contribution in [3.63, 3.8) is 0 Å². The molecule has 2 aromatic rings. The molecular formula is C28H33NO3S. The van der Waals surface area contributed by atoms with Crippen molar-refractivity contribution in [2.45, 2.75) is 69.0 Å². The van der Waals surface area contributed by atoms with E-state index >= 15 is 0 Å². The number of nitrogens with zero attached hydrogens (tertiary/aromatic N) is 1. The summed E-state index contributed by atoms with van der Waals surface area (Å²) in [5, 5.41) is 0. The smallest absolute Gasteiger partial charge is 0.243 e. The molecule has 5 heteroatoms. The minimum absolute atomic E-state index is 0.135. The molecule has 0 saturated carbocycles. The van der Waals surface area contributed by atoms with Gasteiger partial charge in [-0.15, -0.1) is 0 Å². The van der Waals surface area contributed by atoms with Crippen LogP contribution < -0.4 is 0 Å². The summed E-state index contributed by atoms with van der Waals surface area (Å²) in [5.41, 5.74) is 4.03. The molecule has 0 bridgehead atoms. The molecule has 0 aromatic heterocycles. The average molecular weight is 464 g/mol. The highest BCUT2D eigenvalue weighted by atomic mass is 32.2. The van der Waals surface area contributed by atoms with Crippen molar-refractivity contribution < 1.29 is 13.2 Å². The molecule has 2 aromatic carbocycles. The van der Waals surface area contributed by atoms with Gasteiger partial charge in [0.05, 0.1) is 10.5 Å². The lowest BCUT2D eigenvalue weighted by atomic mass is 9.62. The summed E-state index contributed by atoms with van der Waals surface area (Å²) in [6.45, 7) is 7.36. The Hall–Kier alpha value is -1.95. The zero-order valence-corrected chi connectivity index (χ0v) is 20.6. The number of aryl methyl sites for hydroxylation is 1. The van der Waals surface area contributed by atoms with Gasteiger partial charge < -0.3 is 4.74 Å². The van der Waals surface area contributed by atoms with Crippen LogP contribution in [0, 0.1) is 18.3 Å². The van der Waals surface area contributed by atoms with Crippen LogP contribution in [0.15, 0.2) is 70.6 Å². The van der Waals surface area contributed by atoms with Crippen LogP contribution in [0.1, 0.15) is 57.1 Å². The highest BCUT2D eigenvalue weighted by Gasteiger charge is 2.75. The molecule has 2 fully saturated rings. The van der Waals surface area contributed by atoms with Crippen LogP contribution in [0.5, 0.6) is 0 Å². The number of sulfonamides is 1. The van der Waals surface area contributed by atoms with E-state index in [0.717, 1.165) is 24.8 Å². The van der Waals surface area contributed by atoms with E-state index in [1.165, 1.54) is 29.6 Å². The molecule has 2 aliphatic heterocycles. The van der Waals surface area contributed by atoms with Gasteiger partial charge in [-0.25, -0.2) is 8.42 Å². The number of rotatable bonds is 3. The minimum atomic E-state index is -3.57. The Morgan fingerprint density at radius 3 is 2.39 bits per heavy atom. The maximum absolute atomic E-state index is 13.8. The Bertz CT molecular complexity index is 1230. The van der Waals surface area contributed by atoms with Crippen molar-refractivity contribution in [3.05, 3.63) is 76.9 Å². The summed E-state index contributed by atoms with van der Waals surface area (Å²) < 4.78 is 36.5. The molecule has 4 aliphatic rings. The fourth-order valence-corrected chi connectivity index (χ4v) is 9.07. The number of allylic oxidation sites excluding steroid dienone is 1. The van der Waals surface area contributed by atoms with E-state index in [0.29, 0.717) is 18.0 Å². The average Bonchev–Trinajstić information content (AvgIpc) is 3.38. The van der Waals surface area contributed by atoms with Crippen LogP contribution >= 0.6 is 0 Å². The molecule has 0 radical (unpaired) electrons. The highest BCUT2D eigenvalue weighted by Crippen LogP contribution is 2.73. The van der Waals surface area contributed by atoms with Gasteiger partial charge in [-0.05, 0) is 76.1 Å². The summed E-state index contributed by atoms with van der Waals surface area (Å²) in [7, 11) is -3.57. The third-order valence-electron chi connectivity index (χ3n) is 8.84. The molecule has 2 heterocycles. The van der Waals surface area contributed by atoms with Gasteiger partial charge in [-0.1, -0.05) is 53.6 Å². The third-order valence-corrected chi connectivity index (χ3v) is 10.7. The van der Waals surface area contributed by atoms with Gasteiger partial charge in [0.2, 0.25) is 10.0 Å². The lowest BCUT2D eigenvalue weighted by Gasteiger charge is -2.42. The molecule has 2 aliphatic carbocycles. The largest absolute Gasteiger partial charge is 0.359 e. The first-order valence-corrected chi connectivity index (χ1v) is 13.7. The Morgan fingerprint density at radius 1 is 0.970 bits per heavy atom. The Kier molecular flexibility index (Phi) is 4.60. The number of fused-ring (bicyclic) bond motifs is 1. The standard InChI is InChI=1S/C28H33NO3S/c1-20-13-15-23(16-14-20)33(30,31)29-18-25-26(2,3)32-28(22-10-5-4-6-11-22)24-12-8-7-9-21(24)17-27(25,28)19-29/h4-6,10-11,13-16,25H,7-9,12,17-19H2,1-3H3/t25-,27-,28+/m1/s1. The Labute approximate surface area is 197 Å². The molecule has 0 N–H and O–H groups in total. The first-order valence-electron chi connectivity index (χ1n) is 12.2. The first-order chi connectivity index (χ1) is 15.7.